The maximum absolute atomic E-state index is 5.94. The van der Waals surface area contributed by atoms with Crippen LogP contribution in [0.1, 0.15) is 37.5 Å². The van der Waals surface area contributed by atoms with Gasteiger partial charge in [0.25, 0.3) is 0 Å². The van der Waals surface area contributed by atoms with Crippen molar-refractivity contribution in [3.63, 3.8) is 0 Å². The van der Waals surface area contributed by atoms with E-state index in [9.17, 15) is 0 Å². The smallest absolute Gasteiger partial charge is 0.186 e. The summed E-state index contributed by atoms with van der Waals surface area (Å²) in [6.45, 7) is 7.09. The third kappa shape index (κ3) is 6.25. The summed E-state index contributed by atoms with van der Waals surface area (Å²) in [6.07, 6.45) is 1.67. The highest BCUT2D eigenvalue weighted by Gasteiger charge is 2.13. The summed E-state index contributed by atoms with van der Waals surface area (Å²) in [5, 5.41) is 7.31. The van der Waals surface area contributed by atoms with Gasteiger partial charge in [-0.25, -0.2) is 0 Å². The van der Waals surface area contributed by atoms with Gasteiger partial charge in [-0.05, 0) is 52.5 Å². The van der Waals surface area contributed by atoms with E-state index in [2.05, 4.69) is 60.9 Å². The van der Waals surface area contributed by atoms with E-state index >= 15 is 0 Å². The molecule has 0 atom stereocenters. The number of hydrogen-bond donors (Lipinski definition) is 2. The van der Waals surface area contributed by atoms with E-state index in [1.54, 1.807) is 20.4 Å². The first-order valence-electron chi connectivity index (χ1n) is 8.74. The van der Waals surface area contributed by atoms with Crippen LogP contribution in [0.4, 0.5) is 0 Å². The monoisotopic (exact) mass is 385 g/mol. The van der Waals surface area contributed by atoms with Gasteiger partial charge in [0.1, 0.15) is 6.61 Å². The molecule has 27 heavy (non-hydrogen) atoms. The molecule has 0 radical (unpaired) electrons. The van der Waals surface area contributed by atoms with Crippen molar-refractivity contribution in [3.8, 4) is 11.5 Å². The van der Waals surface area contributed by atoms with E-state index in [0.29, 0.717) is 23.2 Å². The number of nitrogens with one attached hydrogen (secondary N) is 2. The van der Waals surface area contributed by atoms with Gasteiger partial charge in [0.05, 0.1) is 13.3 Å². The molecule has 0 aliphatic rings. The van der Waals surface area contributed by atoms with Gasteiger partial charge in [-0.3, -0.25) is 5.43 Å². The summed E-state index contributed by atoms with van der Waals surface area (Å²) in [6, 6.07) is 14.2. The van der Waals surface area contributed by atoms with Gasteiger partial charge in [0.15, 0.2) is 16.6 Å². The molecule has 0 unspecified atom stereocenters. The lowest BCUT2D eigenvalue weighted by atomic mass is 9.87. The van der Waals surface area contributed by atoms with E-state index in [1.165, 1.54) is 5.56 Å². The first kappa shape index (κ1) is 20.7. The number of benzene rings is 2. The van der Waals surface area contributed by atoms with Crippen LogP contribution in [0.5, 0.6) is 11.5 Å². The van der Waals surface area contributed by atoms with Crippen LogP contribution in [0, 0.1) is 0 Å². The number of nitrogens with zero attached hydrogens (tertiary/aromatic N) is 1. The molecule has 0 heterocycles. The molecule has 144 valence electrons. The second kappa shape index (κ2) is 9.37. The fourth-order valence-electron chi connectivity index (χ4n) is 2.37. The Bertz CT molecular complexity index is 796. The quantitative estimate of drug-likeness (QED) is 0.447. The molecule has 0 fully saturated rings. The highest BCUT2D eigenvalue weighted by atomic mass is 32.1. The topological polar surface area (TPSA) is 54.9 Å². The van der Waals surface area contributed by atoms with Crippen LogP contribution in [0.25, 0.3) is 0 Å². The lowest BCUT2D eigenvalue weighted by Crippen LogP contribution is -2.28. The third-order valence-corrected chi connectivity index (χ3v) is 4.30. The Morgan fingerprint density at radius 1 is 1.11 bits per heavy atom. The first-order chi connectivity index (χ1) is 12.8. The predicted octanol–water partition coefficient (Wildman–Crippen LogP) is 4.00. The molecule has 2 aromatic carbocycles. The molecule has 5 nitrogen and oxygen atoms in total. The minimum absolute atomic E-state index is 0.145. The number of ether oxygens (including phenoxy) is 2. The average Bonchev–Trinajstić information content (AvgIpc) is 2.66. The van der Waals surface area contributed by atoms with Crippen LogP contribution in [-0.2, 0) is 12.0 Å². The molecule has 0 aliphatic heterocycles. The first-order valence-corrected chi connectivity index (χ1v) is 9.15. The lowest BCUT2D eigenvalue weighted by molar-refractivity contribution is 0.284. The molecule has 6 heteroatoms. The number of thiocarbonyl (C=S) groups is 1. The summed E-state index contributed by atoms with van der Waals surface area (Å²) in [5.41, 5.74) is 6.15. The van der Waals surface area contributed by atoms with Gasteiger partial charge < -0.3 is 14.8 Å². The van der Waals surface area contributed by atoms with Crippen LogP contribution in [0.15, 0.2) is 47.6 Å². The van der Waals surface area contributed by atoms with E-state index in [0.717, 1.165) is 11.1 Å². The van der Waals surface area contributed by atoms with Crippen molar-refractivity contribution in [1.82, 2.24) is 10.7 Å². The molecule has 0 bridgehead atoms. The Balaban J connectivity index is 2.03. The van der Waals surface area contributed by atoms with Gasteiger partial charge in [-0.2, -0.15) is 5.10 Å². The molecule has 0 saturated heterocycles. The fraction of sp³-hybridized carbons (Fsp3) is 0.333. The Morgan fingerprint density at radius 2 is 1.81 bits per heavy atom. The third-order valence-electron chi connectivity index (χ3n) is 4.01. The summed E-state index contributed by atoms with van der Waals surface area (Å²) >= 11 is 4.97. The predicted molar refractivity (Wildman–Crippen MR) is 115 cm³/mol. The minimum Gasteiger partial charge on any atom is -0.493 e. The Kier molecular flexibility index (Phi) is 7.19. The Labute approximate surface area is 166 Å². The number of methoxy groups -OCH3 is 1. The van der Waals surface area contributed by atoms with E-state index in [1.807, 2.05) is 18.2 Å². The summed E-state index contributed by atoms with van der Waals surface area (Å²) in [4.78, 5) is 0. The van der Waals surface area contributed by atoms with Gasteiger partial charge >= 0.3 is 0 Å². The SMILES string of the molecule is CNC(=S)N/N=C/c1ccc(OCc2ccc(C(C)(C)C)cc2)c(OC)c1. The van der Waals surface area contributed by atoms with Crippen LogP contribution >= 0.6 is 12.2 Å². The number of hydrazone groups is 1. The molecule has 0 amide bonds. The van der Waals surface area contributed by atoms with Crippen molar-refractivity contribution in [2.75, 3.05) is 14.2 Å². The van der Waals surface area contributed by atoms with Crippen molar-refractivity contribution in [2.45, 2.75) is 32.8 Å². The average molecular weight is 386 g/mol. The van der Waals surface area contributed by atoms with E-state index in [4.69, 9.17) is 21.7 Å². The van der Waals surface area contributed by atoms with Crippen LogP contribution in [0.2, 0.25) is 0 Å². The Morgan fingerprint density at radius 3 is 2.41 bits per heavy atom. The highest BCUT2D eigenvalue weighted by molar-refractivity contribution is 7.80. The van der Waals surface area contributed by atoms with Crippen molar-refractivity contribution in [1.29, 1.82) is 0 Å². The molecule has 0 saturated carbocycles. The molecular weight excluding hydrogens is 358 g/mol. The normalized spacial score (nSPS) is 11.3. The maximum atomic E-state index is 5.94. The Hall–Kier alpha value is -2.60. The molecule has 0 spiro atoms. The second-order valence-electron chi connectivity index (χ2n) is 7.10. The molecule has 2 rings (SSSR count). The molecule has 0 aliphatic carbocycles. The van der Waals surface area contributed by atoms with Crippen molar-refractivity contribution in [3.05, 3.63) is 59.2 Å². The van der Waals surface area contributed by atoms with Gasteiger partial charge in [-0.1, -0.05) is 45.0 Å². The van der Waals surface area contributed by atoms with Crippen molar-refractivity contribution < 1.29 is 9.47 Å². The molecule has 0 aromatic heterocycles. The summed E-state index contributed by atoms with van der Waals surface area (Å²) in [7, 11) is 3.35. The zero-order valence-electron chi connectivity index (χ0n) is 16.5. The standard InChI is InChI=1S/C21H27N3O2S/c1-21(2,3)17-9-6-15(7-10-17)14-26-18-11-8-16(12-19(18)25-5)13-23-24-20(27)22-4/h6-13H,14H2,1-5H3,(H2,22,24,27)/b23-13+. The lowest BCUT2D eigenvalue weighted by Gasteiger charge is -2.19. The summed E-state index contributed by atoms with van der Waals surface area (Å²) < 4.78 is 11.4. The summed E-state index contributed by atoms with van der Waals surface area (Å²) in [5.74, 6) is 1.34. The largest absolute Gasteiger partial charge is 0.493 e. The minimum atomic E-state index is 0.145. The molecular formula is C21H27N3O2S. The van der Waals surface area contributed by atoms with Crippen molar-refractivity contribution >= 4 is 23.5 Å². The van der Waals surface area contributed by atoms with Crippen LogP contribution in [0.3, 0.4) is 0 Å². The zero-order valence-corrected chi connectivity index (χ0v) is 17.3. The molecule has 2 N–H and O–H groups in total. The van der Waals surface area contributed by atoms with Gasteiger partial charge in [0, 0.05) is 7.05 Å². The van der Waals surface area contributed by atoms with E-state index in [-0.39, 0.29) is 5.41 Å². The van der Waals surface area contributed by atoms with Crippen LogP contribution < -0.4 is 20.2 Å². The van der Waals surface area contributed by atoms with Gasteiger partial charge in [0.2, 0.25) is 0 Å². The van der Waals surface area contributed by atoms with Gasteiger partial charge in [-0.15, -0.1) is 0 Å². The number of hydrogen-bond acceptors (Lipinski definition) is 4. The van der Waals surface area contributed by atoms with E-state index < -0.39 is 0 Å². The van der Waals surface area contributed by atoms with Crippen LogP contribution in [-0.4, -0.2) is 25.5 Å². The van der Waals surface area contributed by atoms with Crippen molar-refractivity contribution in [2.24, 2.45) is 5.10 Å². The maximum Gasteiger partial charge on any atom is 0.186 e. The zero-order chi connectivity index (χ0) is 19.9. The number of rotatable bonds is 6. The fourth-order valence-corrected chi connectivity index (χ4v) is 2.42. The highest BCUT2D eigenvalue weighted by Crippen LogP contribution is 2.29. The second-order valence-corrected chi connectivity index (χ2v) is 7.50. The molecule has 2 aromatic rings.